The maximum Gasteiger partial charge on any atom is 0.410 e. The van der Waals surface area contributed by atoms with Crippen LogP contribution in [0.5, 0.6) is 0 Å². The highest BCUT2D eigenvalue weighted by Gasteiger charge is 2.49. The van der Waals surface area contributed by atoms with Crippen molar-refractivity contribution in [3.63, 3.8) is 0 Å². The molecular formula is C115H186N10O24. The zero-order valence-corrected chi connectivity index (χ0v) is 94.5. The molecule has 0 aromatic heterocycles. The zero-order chi connectivity index (χ0) is 111. The number of aliphatic hydroxyl groups excluding tert-OH is 2. The molecule has 7 rings (SSSR count). The average Bonchev–Trinajstić information content (AvgIpc) is 1.73. The molecule has 840 valence electrons. The molecular weight excluding hydrogens is 1910 g/mol. The van der Waals surface area contributed by atoms with Crippen LogP contribution < -0.4 is 21.3 Å². The van der Waals surface area contributed by atoms with Gasteiger partial charge in [0.1, 0.15) is 30.4 Å². The summed E-state index contributed by atoms with van der Waals surface area (Å²) in [5.74, 6) is -7.24. The minimum atomic E-state index is -0.914. The van der Waals surface area contributed by atoms with Crippen molar-refractivity contribution < 1.29 is 115 Å². The monoisotopic (exact) mass is 2090 g/mol. The van der Waals surface area contributed by atoms with Crippen LogP contribution in [-0.2, 0) is 95.4 Å². The number of likely N-dealkylation sites (N-methyl/N-ethyl adjacent to an activating group) is 4. The molecule has 2 aliphatic heterocycles. The van der Waals surface area contributed by atoms with Gasteiger partial charge in [0.2, 0.25) is 47.3 Å². The Labute approximate surface area is 888 Å². The number of amides is 10. The highest BCUT2D eigenvalue weighted by Crippen LogP contribution is 2.38. The Balaban J connectivity index is 0.000000457. The van der Waals surface area contributed by atoms with Gasteiger partial charge in [-0.25, -0.2) is 9.59 Å². The molecule has 0 bridgehead atoms. The van der Waals surface area contributed by atoms with Crippen LogP contribution in [0.2, 0.25) is 0 Å². The van der Waals surface area contributed by atoms with Gasteiger partial charge in [-0.05, 0) is 169 Å². The van der Waals surface area contributed by atoms with Crippen LogP contribution in [0.25, 0.3) is 0 Å². The second-order valence-electron chi connectivity index (χ2n) is 43.6. The number of Topliss-reactive ketones (excluding diaryl/α,β-unsaturated/α-hetero) is 4. The van der Waals surface area contributed by atoms with E-state index in [9.17, 15) is 77.3 Å². The molecule has 10 amide bonds. The number of methoxy groups -OCH3 is 4. The topological polar surface area (TPSA) is 421 Å². The van der Waals surface area contributed by atoms with Gasteiger partial charge in [0, 0.05) is 126 Å². The minimum Gasteiger partial charge on any atom is -0.442 e. The number of ketones is 4. The lowest BCUT2D eigenvalue weighted by atomic mass is 9.83. The Hall–Kier alpha value is -9.42. The van der Waals surface area contributed by atoms with Gasteiger partial charge in [-0.1, -0.05) is 196 Å². The van der Waals surface area contributed by atoms with Crippen LogP contribution in [0.4, 0.5) is 9.59 Å². The number of likely N-dealkylation sites (tertiary alicyclic amines) is 2. The van der Waals surface area contributed by atoms with Crippen molar-refractivity contribution >= 4 is 82.6 Å². The number of carbonyl (C=O) groups is 14. The van der Waals surface area contributed by atoms with Crippen molar-refractivity contribution in [1.29, 1.82) is 0 Å². The van der Waals surface area contributed by atoms with Crippen molar-refractivity contribution in [2.24, 2.45) is 71.0 Å². The number of benzene rings is 2. The SMILES string of the molecule is CCC1CC(=O)C(CCNC(=O)COC2C/C=C/C(OC(=O)N(C)C(C(=O)CC(C(=O)N(C)C(C(CC(=O)N3CCCC3C(OC)C(C)C(=O)N[C@H](C)[C@@H](O)c3ccccc3)OC)[C@@H](C)CC)C(C)C)C(C)C)CCC2)C1=O.CCCC(=O)NCCOC1C/C=C/C(OC(=O)N(C)C(C(=O)CC(C(=O)N(C)C(C(CC(=O)N2CCCC2C(OC)C(C)C(=O)N[C@H](C)[C@@H](O)c2ccccc2)OC)[C@@H](C)CC)C(C)C)C(C)C)CCC1. The van der Waals surface area contributed by atoms with Crippen LogP contribution in [-0.4, -0.2) is 315 Å². The molecule has 3 aliphatic carbocycles. The number of carbonyl (C=O) groups excluding carboxylic acids is 14. The van der Waals surface area contributed by atoms with E-state index >= 15 is 0 Å². The fourth-order valence-electron chi connectivity index (χ4n) is 22.2. The Bertz CT molecular complexity index is 4580. The van der Waals surface area contributed by atoms with Crippen molar-refractivity contribution in [2.75, 3.05) is 96.0 Å². The molecule has 20 unspecified atom stereocenters. The van der Waals surface area contributed by atoms with Crippen molar-refractivity contribution in [2.45, 2.75) is 382 Å². The lowest BCUT2D eigenvalue weighted by Gasteiger charge is -2.41. The molecule has 2 heterocycles. The summed E-state index contributed by atoms with van der Waals surface area (Å²) >= 11 is 0. The van der Waals surface area contributed by atoms with Gasteiger partial charge in [-0.2, -0.15) is 0 Å². The first-order chi connectivity index (χ1) is 70.7. The fourth-order valence-corrected chi connectivity index (χ4v) is 22.2. The summed E-state index contributed by atoms with van der Waals surface area (Å²) in [7, 11) is 12.7. The maximum absolute atomic E-state index is 14.8. The number of nitrogens with one attached hydrogen (secondary N) is 4. The first-order valence-electron chi connectivity index (χ1n) is 55.1. The molecule has 2 aromatic carbocycles. The quantitative estimate of drug-likeness (QED) is 0.0203. The van der Waals surface area contributed by atoms with Gasteiger partial charge in [-0.3, -0.25) is 57.5 Å². The van der Waals surface area contributed by atoms with E-state index in [1.54, 1.807) is 108 Å². The molecule has 2 saturated heterocycles. The van der Waals surface area contributed by atoms with E-state index in [2.05, 4.69) is 21.3 Å². The predicted octanol–water partition coefficient (Wildman–Crippen LogP) is 14.3. The number of hydrogen-bond acceptors (Lipinski definition) is 24. The van der Waals surface area contributed by atoms with E-state index in [1.807, 2.05) is 164 Å². The summed E-state index contributed by atoms with van der Waals surface area (Å²) in [4.78, 5) is 201. The van der Waals surface area contributed by atoms with Crippen LogP contribution in [0, 0.1) is 71.0 Å². The molecule has 1 saturated carbocycles. The highest BCUT2D eigenvalue weighted by molar-refractivity contribution is 6.10. The van der Waals surface area contributed by atoms with Gasteiger partial charge in [0.25, 0.3) is 0 Å². The number of rotatable bonds is 57. The number of aliphatic hydroxyl groups is 2. The van der Waals surface area contributed by atoms with E-state index in [4.69, 9.17) is 37.9 Å². The van der Waals surface area contributed by atoms with Gasteiger partial charge < -0.3 is 98.8 Å². The van der Waals surface area contributed by atoms with Crippen LogP contribution >= 0.6 is 0 Å². The van der Waals surface area contributed by atoms with E-state index in [0.29, 0.717) is 127 Å². The van der Waals surface area contributed by atoms with Crippen LogP contribution in [0.3, 0.4) is 0 Å². The van der Waals surface area contributed by atoms with E-state index in [-0.39, 0.29) is 175 Å². The predicted molar refractivity (Wildman–Crippen MR) is 572 cm³/mol. The number of ether oxygens (including phenoxy) is 8. The lowest BCUT2D eigenvalue weighted by Crippen LogP contribution is -2.55. The molecule has 34 heteroatoms. The summed E-state index contributed by atoms with van der Waals surface area (Å²) in [6, 6.07) is 13.6. The van der Waals surface area contributed by atoms with Gasteiger partial charge in [-0.15, -0.1) is 0 Å². The second kappa shape index (κ2) is 64.6. The van der Waals surface area contributed by atoms with Crippen LogP contribution in [0.15, 0.2) is 85.0 Å². The average molecular weight is 2090 g/mol. The summed E-state index contributed by atoms with van der Waals surface area (Å²) in [6.07, 6.45) is 11.8. The Morgan fingerprint density at radius 1 is 0.470 bits per heavy atom. The lowest BCUT2D eigenvalue weighted by molar-refractivity contribution is -0.149. The first-order valence-corrected chi connectivity index (χ1v) is 55.1. The summed E-state index contributed by atoms with van der Waals surface area (Å²) in [5.41, 5.74) is 1.38. The third kappa shape index (κ3) is 37.8. The van der Waals surface area contributed by atoms with Crippen molar-refractivity contribution in [1.82, 2.24) is 50.7 Å². The third-order valence-electron chi connectivity index (χ3n) is 31.5. The van der Waals surface area contributed by atoms with Crippen molar-refractivity contribution in [3.8, 4) is 0 Å². The molecule has 6 N–H and O–H groups in total. The molecule has 34 nitrogen and oxygen atoms in total. The normalized spacial score (nSPS) is 22.7. The molecule has 0 radical (unpaired) electrons. The van der Waals surface area contributed by atoms with Gasteiger partial charge >= 0.3 is 12.2 Å². The van der Waals surface area contributed by atoms with E-state index in [0.717, 1.165) is 25.7 Å². The minimum absolute atomic E-state index is 0.00194. The van der Waals surface area contributed by atoms with Crippen LogP contribution in [0.1, 0.15) is 296 Å². The van der Waals surface area contributed by atoms with Gasteiger partial charge in [0.05, 0.1) is 134 Å². The van der Waals surface area contributed by atoms with Gasteiger partial charge in [0.15, 0.2) is 11.6 Å². The molecule has 0 spiro atoms. The fraction of sp³-hybridized carbons (Fsp3) is 0.739. The van der Waals surface area contributed by atoms with Crippen molar-refractivity contribution in [3.05, 3.63) is 96.1 Å². The molecule has 149 heavy (non-hydrogen) atoms. The molecule has 2 aromatic rings. The number of hydrogen-bond donors (Lipinski definition) is 6. The van der Waals surface area contributed by atoms with E-state index < -0.39 is 133 Å². The summed E-state index contributed by atoms with van der Waals surface area (Å²) < 4.78 is 48.0. The standard InChI is InChI=1S/C60H95N5O13.C55H91N5O11/c1-14-38(7)54(50(75-12)34-52(69)65-31-21-28-47(65)57(76-13)39(8)58(72)62-40(9)55(70)42-22-17-16-18-23-42)63(10)59(73)46(36(3)4)33-49(67)53(37(5)6)64(11)60(74)78-44-26-19-24-43(25-20-27-44)77-35-51(68)61-30-29-45-48(66)32-41(15-2)56(45)71;1-14-22-47(62)56-30-32-70-41-25-19-27-42(28-20-26-41)71-55(67)59(11)49(36(5)6)45(61)33-43(35(3)4)54(66)58(10)50(37(7)15-2)46(68-12)34-48(63)60-31-21-29-44(60)52(69-13)38(8)53(65)57-39(9)51(64)40-23-17-16-18-24-40/h16-19,22-23,26,36-41,43-47,50,53-55,57,70H,14-15,20-21,24-25,27-35H2,1-13H3,(H,61,68)(H,62,72);16-19,23-24,27,35-39,41-44,46,49-52,64H,14-15,20-22,25-26,28-34H2,1-13H3,(H,56,62)(H,57,65)/b26-19+;27-19+/t38-,39?,40+,41?,43?,44?,45?,46?,47?,50?,53?,54?,55+,57?;37-,38?,39+,41?,42?,43?,44?,46?,49?,50?,51+,52?/m00/s1. The smallest absolute Gasteiger partial charge is 0.410 e. The van der Waals surface area contributed by atoms with E-state index in [1.165, 1.54) is 24.0 Å². The summed E-state index contributed by atoms with van der Waals surface area (Å²) in [6.45, 7) is 36.0. The first kappa shape index (κ1) is 128. The third-order valence-corrected chi connectivity index (χ3v) is 31.5. The zero-order valence-electron chi connectivity index (χ0n) is 94.5. The second-order valence-corrected chi connectivity index (χ2v) is 43.6. The number of nitrogens with zero attached hydrogens (tertiary/aromatic N) is 6. The Morgan fingerprint density at radius 3 is 1.23 bits per heavy atom. The molecule has 5 aliphatic rings. The summed E-state index contributed by atoms with van der Waals surface area (Å²) in [5, 5.41) is 33.4. The highest BCUT2D eigenvalue weighted by atomic mass is 16.6. The Morgan fingerprint density at radius 2 is 0.872 bits per heavy atom. The molecule has 3 fully saturated rings. The Kier molecular flexibility index (Phi) is 55.6. The largest absolute Gasteiger partial charge is 0.442 e. The maximum atomic E-state index is 14.8. The molecule has 26 atom stereocenters.